The van der Waals surface area contributed by atoms with Gasteiger partial charge >= 0.3 is 0 Å². The summed E-state index contributed by atoms with van der Waals surface area (Å²) in [6.07, 6.45) is 0. The first-order chi connectivity index (χ1) is 13.0. The molecule has 1 heterocycles. The largest absolute Gasteiger partial charge is 0.483 e. The Morgan fingerprint density at radius 3 is 2.63 bits per heavy atom. The number of aryl methyl sites for hydroxylation is 2. The quantitative estimate of drug-likeness (QED) is 0.643. The molecule has 3 aromatic rings. The van der Waals surface area contributed by atoms with Gasteiger partial charge in [0.15, 0.2) is 6.61 Å². The number of hydrogen-bond donors (Lipinski definition) is 2. The zero-order valence-corrected chi connectivity index (χ0v) is 15.8. The molecule has 140 valence electrons. The SMILES string of the molecule is Cc1ccc(OCC(=O)Nc2ccc(-c3ccc(CO)o3)c(Cl)c2)c(C)c1. The summed E-state index contributed by atoms with van der Waals surface area (Å²) >= 11 is 6.30. The summed E-state index contributed by atoms with van der Waals surface area (Å²) in [5.41, 5.74) is 3.37. The van der Waals surface area contributed by atoms with Gasteiger partial charge in [0.1, 0.15) is 23.9 Å². The highest BCUT2D eigenvalue weighted by atomic mass is 35.5. The molecule has 0 atom stereocenters. The number of nitrogens with one attached hydrogen (secondary N) is 1. The van der Waals surface area contributed by atoms with Gasteiger partial charge in [-0.15, -0.1) is 0 Å². The van der Waals surface area contributed by atoms with Crippen LogP contribution in [0, 0.1) is 13.8 Å². The summed E-state index contributed by atoms with van der Waals surface area (Å²) in [5, 5.41) is 12.3. The van der Waals surface area contributed by atoms with Gasteiger partial charge in [-0.3, -0.25) is 4.79 Å². The summed E-state index contributed by atoms with van der Waals surface area (Å²) in [6, 6.07) is 14.4. The van der Waals surface area contributed by atoms with Crippen molar-refractivity contribution in [2.75, 3.05) is 11.9 Å². The van der Waals surface area contributed by atoms with E-state index in [1.807, 2.05) is 32.0 Å². The molecule has 2 N–H and O–H groups in total. The molecule has 0 unspecified atom stereocenters. The molecule has 0 fully saturated rings. The number of aliphatic hydroxyl groups is 1. The van der Waals surface area contributed by atoms with Crippen molar-refractivity contribution in [2.24, 2.45) is 0 Å². The number of ether oxygens (including phenoxy) is 1. The molecule has 0 aliphatic heterocycles. The summed E-state index contributed by atoms with van der Waals surface area (Å²) in [7, 11) is 0. The van der Waals surface area contributed by atoms with E-state index in [4.69, 9.17) is 25.9 Å². The second kappa shape index (κ2) is 8.29. The maximum absolute atomic E-state index is 12.1. The third kappa shape index (κ3) is 4.70. The second-order valence-corrected chi connectivity index (χ2v) is 6.63. The van der Waals surface area contributed by atoms with E-state index in [0.29, 0.717) is 33.5 Å². The molecule has 0 saturated carbocycles. The summed E-state index contributed by atoms with van der Waals surface area (Å²) in [5.74, 6) is 1.42. The number of hydrogen-bond acceptors (Lipinski definition) is 4. The molecule has 0 aliphatic rings. The van der Waals surface area contributed by atoms with E-state index in [2.05, 4.69) is 5.32 Å². The average molecular weight is 386 g/mol. The normalized spacial score (nSPS) is 10.7. The van der Waals surface area contributed by atoms with E-state index >= 15 is 0 Å². The van der Waals surface area contributed by atoms with E-state index in [0.717, 1.165) is 11.1 Å². The molecule has 0 spiro atoms. The number of halogens is 1. The maximum Gasteiger partial charge on any atom is 0.262 e. The lowest BCUT2D eigenvalue weighted by Crippen LogP contribution is -2.20. The van der Waals surface area contributed by atoms with Crippen molar-refractivity contribution in [3.05, 3.63) is 70.4 Å². The zero-order valence-electron chi connectivity index (χ0n) is 15.1. The molecular formula is C21H20ClNO4. The lowest BCUT2D eigenvalue weighted by atomic mass is 10.1. The summed E-state index contributed by atoms with van der Waals surface area (Å²) in [4.78, 5) is 12.1. The monoisotopic (exact) mass is 385 g/mol. The van der Waals surface area contributed by atoms with Gasteiger partial charge in [0, 0.05) is 11.3 Å². The van der Waals surface area contributed by atoms with Crippen molar-refractivity contribution in [2.45, 2.75) is 20.5 Å². The fraction of sp³-hybridized carbons (Fsp3) is 0.190. The van der Waals surface area contributed by atoms with Crippen molar-refractivity contribution in [1.29, 1.82) is 0 Å². The molecule has 0 aliphatic carbocycles. The van der Waals surface area contributed by atoms with Crippen molar-refractivity contribution in [3.63, 3.8) is 0 Å². The first-order valence-corrected chi connectivity index (χ1v) is 8.83. The fourth-order valence-corrected chi connectivity index (χ4v) is 2.98. The Morgan fingerprint density at radius 1 is 1.15 bits per heavy atom. The Balaban J connectivity index is 1.63. The zero-order chi connectivity index (χ0) is 19.4. The Kier molecular flexibility index (Phi) is 5.84. The van der Waals surface area contributed by atoms with Crippen LogP contribution in [-0.4, -0.2) is 17.6 Å². The maximum atomic E-state index is 12.1. The number of rotatable bonds is 6. The highest BCUT2D eigenvalue weighted by Gasteiger charge is 2.11. The van der Waals surface area contributed by atoms with Gasteiger partial charge in [-0.1, -0.05) is 29.3 Å². The third-order valence-corrected chi connectivity index (χ3v) is 4.34. The van der Waals surface area contributed by atoms with Crippen molar-refractivity contribution < 1.29 is 19.1 Å². The third-order valence-electron chi connectivity index (χ3n) is 4.02. The highest BCUT2D eigenvalue weighted by Crippen LogP contribution is 2.31. The van der Waals surface area contributed by atoms with Gasteiger partial charge in [-0.2, -0.15) is 0 Å². The predicted octanol–water partition coefficient (Wildman–Crippen LogP) is 4.73. The Bertz CT molecular complexity index is 965. The number of benzene rings is 2. The standard InChI is InChI=1S/C21H20ClNO4/c1-13-3-7-19(14(2)9-13)26-12-21(25)23-15-4-6-17(18(22)10-15)20-8-5-16(11-24)27-20/h3-10,24H,11-12H2,1-2H3,(H,23,25). The van der Waals surface area contributed by atoms with Crippen LogP contribution in [0.15, 0.2) is 52.9 Å². The molecule has 0 saturated heterocycles. The van der Waals surface area contributed by atoms with E-state index in [-0.39, 0.29) is 19.1 Å². The minimum atomic E-state index is -0.278. The minimum absolute atomic E-state index is 0.0959. The smallest absolute Gasteiger partial charge is 0.262 e. The highest BCUT2D eigenvalue weighted by molar-refractivity contribution is 6.33. The molecule has 5 nitrogen and oxygen atoms in total. The van der Waals surface area contributed by atoms with E-state index in [1.165, 1.54) is 0 Å². The lowest BCUT2D eigenvalue weighted by molar-refractivity contribution is -0.118. The lowest BCUT2D eigenvalue weighted by Gasteiger charge is -2.11. The van der Waals surface area contributed by atoms with Gasteiger partial charge in [-0.25, -0.2) is 0 Å². The van der Waals surface area contributed by atoms with Crippen molar-refractivity contribution >= 4 is 23.2 Å². The van der Waals surface area contributed by atoms with E-state index in [1.54, 1.807) is 30.3 Å². The van der Waals surface area contributed by atoms with Gasteiger partial charge in [0.25, 0.3) is 5.91 Å². The van der Waals surface area contributed by atoms with Crippen LogP contribution < -0.4 is 10.1 Å². The van der Waals surface area contributed by atoms with Crippen LogP contribution in [0.25, 0.3) is 11.3 Å². The second-order valence-electron chi connectivity index (χ2n) is 6.22. The average Bonchev–Trinajstić information content (AvgIpc) is 3.10. The molecule has 0 radical (unpaired) electrons. The van der Waals surface area contributed by atoms with Crippen LogP contribution in [0.2, 0.25) is 5.02 Å². The fourth-order valence-electron chi connectivity index (χ4n) is 2.70. The molecule has 27 heavy (non-hydrogen) atoms. The van der Waals surface area contributed by atoms with Crippen LogP contribution in [0.5, 0.6) is 5.75 Å². The van der Waals surface area contributed by atoms with Crippen LogP contribution in [0.4, 0.5) is 5.69 Å². The molecular weight excluding hydrogens is 366 g/mol. The molecule has 6 heteroatoms. The van der Waals surface area contributed by atoms with Gasteiger partial charge in [0.05, 0.1) is 5.02 Å². The van der Waals surface area contributed by atoms with Crippen LogP contribution in [0.1, 0.15) is 16.9 Å². The Labute approximate surface area is 162 Å². The first-order valence-electron chi connectivity index (χ1n) is 8.45. The van der Waals surface area contributed by atoms with Crippen molar-refractivity contribution in [1.82, 2.24) is 0 Å². The summed E-state index contributed by atoms with van der Waals surface area (Å²) in [6.45, 7) is 3.67. The van der Waals surface area contributed by atoms with Gasteiger partial charge < -0.3 is 19.6 Å². The molecule has 1 amide bonds. The van der Waals surface area contributed by atoms with Crippen LogP contribution in [-0.2, 0) is 11.4 Å². The molecule has 3 rings (SSSR count). The molecule has 1 aromatic heterocycles. The van der Waals surface area contributed by atoms with Crippen LogP contribution >= 0.6 is 11.6 Å². The number of amides is 1. The topological polar surface area (TPSA) is 71.7 Å². The number of furan rings is 1. The predicted molar refractivity (Wildman–Crippen MR) is 105 cm³/mol. The molecule has 0 bridgehead atoms. The number of aliphatic hydroxyl groups excluding tert-OH is 1. The van der Waals surface area contributed by atoms with Gasteiger partial charge in [0.2, 0.25) is 0 Å². The van der Waals surface area contributed by atoms with Crippen LogP contribution in [0.3, 0.4) is 0 Å². The minimum Gasteiger partial charge on any atom is -0.483 e. The molecule has 2 aromatic carbocycles. The number of carbonyl (C=O) groups excluding carboxylic acids is 1. The Morgan fingerprint density at radius 2 is 1.96 bits per heavy atom. The first kappa shape index (κ1) is 19.0. The number of anilines is 1. The van der Waals surface area contributed by atoms with E-state index in [9.17, 15) is 4.79 Å². The van der Waals surface area contributed by atoms with E-state index < -0.39 is 0 Å². The van der Waals surface area contributed by atoms with Gasteiger partial charge in [-0.05, 0) is 55.8 Å². The Hall–Kier alpha value is -2.76. The number of carbonyl (C=O) groups is 1. The summed E-state index contributed by atoms with van der Waals surface area (Å²) < 4.78 is 11.1. The van der Waals surface area contributed by atoms with Crippen molar-refractivity contribution in [3.8, 4) is 17.1 Å².